The van der Waals surface area contributed by atoms with Crippen LogP contribution in [0.25, 0.3) is 0 Å². The van der Waals surface area contributed by atoms with Gasteiger partial charge in [0.2, 0.25) is 0 Å². The minimum atomic E-state index is -0.348. The average Bonchev–Trinajstić information content (AvgIpc) is 3.09. The second kappa shape index (κ2) is 8.39. The van der Waals surface area contributed by atoms with Gasteiger partial charge in [-0.3, -0.25) is 4.90 Å². The van der Waals surface area contributed by atoms with Crippen molar-refractivity contribution >= 4 is 0 Å². The molecule has 0 amide bonds. The quantitative estimate of drug-likeness (QED) is 0.818. The first-order valence-electron chi connectivity index (χ1n) is 9.48. The van der Waals surface area contributed by atoms with E-state index in [2.05, 4.69) is 11.0 Å². The van der Waals surface area contributed by atoms with Crippen LogP contribution >= 0.6 is 0 Å². The van der Waals surface area contributed by atoms with Gasteiger partial charge in [-0.25, -0.2) is 0 Å². The third-order valence-corrected chi connectivity index (χ3v) is 5.59. The number of nitrogens with zero attached hydrogens (tertiary/aromatic N) is 1. The number of hydrogen-bond acceptors (Lipinski definition) is 5. The van der Waals surface area contributed by atoms with Crippen LogP contribution in [0.4, 0.5) is 0 Å². The summed E-state index contributed by atoms with van der Waals surface area (Å²) in [4.78, 5) is 2.21. The first-order valence-corrected chi connectivity index (χ1v) is 9.48. The summed E-state index contributed by atoms with van der Waals surface area (Å²) in [5.41, 5.74) is 0.899. The van der Waals surface area contributed by atoms with Gasteiger partial charge < -0.3 is 19.3 Å². The van der Waals surface area contributed by atoms with E-state index in [0.29, 0.717) is 6.61 Å². The molecule has 0 spiro atoms. The van der Waals surface area contributed by atoms with Crippen LogP contribution in [0.2, 0.25) is 0 Å². The fourth-order valence-corrected chi connectivity index (χ4v) is 4.24. The molecule has 25 heavy (non-hydrogen) atoms. The normalized spacial score (nSPS) is 23.6. The largest absolute Gasteiger partial charge is 0.493 e. The molecule has 1 saturated carbocycles. The second-order valence-electron chi connectivity index (χ2n) is 7.11. The molecule has 0 bridgehead atoms. The van der Waals surface area contributed by atoms with E-state index in [1.54, 1.807) is 14.2 Å². The van der Waals surface area contributed by atoms with Gasteiger partial charge in [0.15, 0.2) is 11.5 Å². The van der Waals surface area contributed by atoms with Gasteiger partial charge in [0.1, 0.15) is 12.0 Å². The summed E-state index contributed by atoms with van der Waals surface area (Å²) in [6, 6.07) is 6.01. The number of ether oxygens (including phenoxy) is 3. The SMILES string of the molecule is COc1ccc(CCOC2(N3CCCC3O)CCCCC2)cc1OC. The third-order valence-electron chi connectivity index (χ3n) is 5.59. The van der Waals surface area contributed by atoms with Crippen molar-refractivity contribution < 1.29 is 19.3 Å². The van der Waals surface area contributed by atoms with Crippen molar-refractivity contribution in [3.8, 4) is 11.5 Å². The highest BCUT2D eigenvalue weighted by atomic mass is 16.5. The number of aliphatic hydroxyl groups excluding tert-OH is 1. The molecule has 140 valence electrons. The van der Waals surface area contributed by atoms with Gasteiger partial charge >= 0.3 is 0 Å². The lowest BCUT2D eigenvalue weighted by Crippen LogP contribution is -2.54. The van der Waals surface area contributed by atoms with Gasteiger partial charge in [0.25, 0.3) is 0 Å². The smallest absolute Gasteiger partial charge is 0.160 e. The first-order chi connectivity index (χ1) is 12.2. The highest BCUT2D eigenvalue weighted by molar-refractivity contribution is 5.42. The van der Waals surface area contributed by atoms with Crippen LogP contribution in [-0.2, 0) is 11.2 Å². The highest BCUT2D eigenvalue weighted by Crippen LogP contribution is 2.39. The lowest BCUT2D eigenvalue weighted by Gasteiger charge is -2.45. The summed E-state index contributed by atoms with van der Waals surface area (Å²) in [5.74, 6) is 1.50. The zero-order valence-corrected chi connectivity index (χ0v) is 15.5. The van der Waals surface area contributed by atoms with E-state index < -0.39 is 0 Å². The summed E-state index contributed by atoms with van der Waals surface area (Å²) in [7, 11) is 3.30. The summed E-state index contributed by atoms with van der Waals surface area (Å²) in [6.45, 7) is 1.59. The lowest BCUT2D eigenvalue weighted by atomic mass is 9.90. The fourth-order valence-electron chi connectivity index (χ4n) is 4.24. The Hall–Kier alpha value is -1.30. The minimum absolute atomic E-state index is 0.273. The molecule has 1 aromatic rings. The molecule has 5 nitrogen and oxygen atoms in total. The van der Waals surface area contributed by atoms with Gasteiger partial charge in [-0.05, 0) is 62.6 Å². The van der Waals surface area contributed by atoms with Crippen LogP contribution in [-0.4, -0.2) is 49.3 Å². The van der Waals surface area contributed by atoms with E-state index in [-0.39, 0.29) is 12.0 Å². The summed E-state index contributed by atoms with van der Waals surface area (Å²) < 4.78 is 17.1. The summed E-state index contributed by atoms with van der Waals surface area (Å²) in [6.07, 6.45) is 8.07. The van der Waals surface area contributed by atoms with Crippen molar-refractivity contribution in [2.24, 2.45) is 0 Å². The maximum atomic E-state index is 10.4. The molecule has 1 N–H and O–H groups in total. The molecule has 1 aromatic carbocycles. The molecule has 1 heterocycles. The molecular weight excluding hydrogens is 318 g/mol. The number of benzene rings is 1. The number of hydrogen-bond donors (Lipinski definition) is 1. The van der Waals surface area contributed by atoms with Crippen molar-refractivity contribution in [1.82, 2.24) is 4.90 Å². The van der Waals surface area contributed by atoms with E-state index in [4.69, 9.17) is 14.2 Å². The molecule has 0 aromatic heterocycles. The zero-order chi connectivity index (χ0) is 17.7. The topological polar surface area (TPSA) is 51.2 Å². The predicted octanol–water partition coefficient (Wildman–Crippen LogP) is 3.34. The van der Waals surface area contributed by atoms with Crippen LogP contribution in [0, 0.1) is 0 Å². The van der Waals surface area contributed by atoms with Crippen molar-refractivity contribution in [3.63, 3.8) is 0 Å². The van der Waals surface area contributed by atoms with Gasteiger partial charge in [-0.2, -0.15) is 0 Å². The highest BCUT2D eigenvalue weighted by Gasteiger charge is 2.43. The Morgan fingerprint density at radius 2 is 1.84 bits per heavy atom. The molecule has 5 heteroatoms. The van der Waals surface area contributed by atoms with Crippen molar-refractivity contribution in [3.05, 3.63) is 23.8 Å². The molecule has 3 rings (SSSR count). The van der Waals surface area contributed by atoms with E-state index in [1.807, 2.05) is 12.1 Å². The summed E-state index contributed by atoms with van der Waals surface area (Å²) in [5, 5.41) is 10.4. The van der Waals surface area contributed by atoms with Gasteiger partial charge in [0, 0.05) is 6.54 Å². The van der Waals surface area contributed by atoms with Crippen molar-refractivity contribution in [1.29, 1.82) is 0 Å². The Labute approximate surface area is 150 Å². The minimum Gasteiger partial charge on any atom is -0.493 e. The Morgan fingerprint density at radius 1 is 1.08 bits per heavy atom. The molecule has 1 aliphatic heterocycles. The molecular formula is C20H31NO4. The predicted molar refractivity (Wildman–Crippen MR) is 97.0 cm³/mol. The molecule has 0 radical (unpaired) electrons. The molecule has 2 aliphatic rings. The van der Waals surface area contributed by atoms with E-state index in [9.17, 15) is 5.11 Å². The van der Waals surface area contributed by atoms with Crippen LogP contribution < -0.4 is 9.47 Å². The standard InChI is InChI=1S/C20H31NO4/c1-23-17-9-8-16(15-18(17)24-2)10-14-25-20(11-4-3-5-12-20)21-13-6-7-19(21)22/h8-9,15,19,22H,3-7,10-14H2,1-2H3. The van der Waals surface area contributed by atoms with Crippen LogP contribution in [0.1, 0.15) is 50.5 Å². The maximum absolute atomic E-state index is 10.4. The lowest BCUT2D eigenvalue weighted by molar-refractivity contribution is -0.208. The Morgan fingerprint density at radius 3 is 2.48 bits per heavy atom. The van der Waals surface area contributed by atoms with E-state index >= 15 is 0 Å². The molecule has 1 atom stereocenters. The number of methoxy groups -OCH3 is 2. The average molecular weight is 349 g/mol. The molecule has 1 saturated heterocycles. The molecule has 1 unspecified atom stereocenters. The Bertz CT molecular complexity index is 557. The first kappa shape index (κ1) is 18.5. The molecule has 2 fully saturated rings. The third kappa shape index (κ3) is 4.10. The second-order valence-corrected chi connectivity index (χ2v) is 7.11. The fraction of sp³-hybridized carbons (Fsp3) is 0.700. The van der Waals surface area contributed by atoms with Crippen molar-refractivity contribution in [2.45, 2.75) is 63.3 Å². The Balaban J connectivity index is 1.64. The molecule has 1 aliphatic carbocycles. The Kier molecular flexibility index (Phi) is 6.20. The van der Waals surface area contributed by atoms with Crippen molar-refractivity contribution in [2.75, 3.05) is 27.4 Å². The van der Waals surface area contributed by atoms with Crippen LogP contribution in [0.3, 0.4) is 0 Å². The summed E-state index contributed by atoms with van der Waals surface area (Å²) >= 11 is 0. The van der Waals surface area contributed by atoms with E-state index in [1.165, 1.54) is 24.8 Å². The van der Waals surface area contributed by atoms with E-state index in [0.717, 1.165) is 50.1 Å². The van der Waals surface area contributed by atoms with Gasteiger partial charge in [0.05, 0.1) is 20.8 Å². The number of rotatable bonds is 7. The number of likely N-dealkylation sites (tertiary alicyclic amines) is 1. The monoisotopic (exact) mass is 349 g/mol. The number of aliphatic hydroxyl groups is 1. The van der Waals surface area contributed by atoms with Crippen LogP contribution in [0.5, 0.6) is 11.5 Å². The van der Waals surface area contributed by atoms with Crippen LogP contribution in [0.15, 0.2) is 18.2 Å². The van der Waals surface area contributed by atoms with Gasteiger partial charge in [-0.15, -0.1) is 0 Å². The maximum Gasteiger partial charge on any atom is 0.160 e. The zero-order valence-electron chi connectivity index (χ0n) is 15.5. The van der Waals surface area contributed by atoms with Gasteiger partial charge in [-0.1, -0.05) is 12.5 Å².